The molecule has 0 fully saturated rings. The summed E-state index contributed by atoms with van der Waals surface area (Å²) in [7, 11) is 5.21. The van der Waals surface area contributed by atoms with Gasteiger partial charge < -0.3 is 15.0 Å². The number of aromatic nitrogens is 1. The van der Waals surface area contributed by atoms with Crippen LogP contribution in [0.1, 0.15) is 27.5 Å². The van der Waals surface area contributed by atoms with Crippen molar-refractivity contribution in [2.75, 3.05) is 27.7 Å². The molecule has 8 heteroatoms. The van der Waals surface area contributed by atoms with Crippen molar-refractivity contribution in [3.63, 3.8) is 0 Å². The van der Waals surface area contributed by atoms with Crippen LogP contribution in [0.25, 0.3) is 10.9 Å². The molecule has 0 aliphatic carbocycles. The first kappa shape index (κ1) is 21.6. The number of halogens is 3. The molecule has 0 aliphatic heterocycles. The highest BCUT2D eigenvalue weighted by Crippen LogP contribution is 2.36. The molecule has 0 saturated carbocycles. The number of para-hydroxylation sites is 1. The van der Waals surface area contributed by atoms with E-state index in [0.29, 0.717) is 5.75 Å². The summed E-state index contributed by atoms with van der Waals surface area (Å²) >= 11 is 0. The van der Waals surface area contributed by atoms with Crippen LogP contribution < -0.4 is 10.1 Å². The minimum Gasteiger partial charge on any atom is -0.497 e. The number of ether oxygens (including phenoxy) is 1. The Morgan fingerprint density at radius 3 is 2.57 bits per heavy atom. The smallest absolute Gasteiger partial charge is 0.417 e. The van der Waals surface area contributed by atoms with E-state index < -0.39 is 23.2 Å². The molecular weight excluding hydrogens is 395 g/mol. The van der Waals surface area contributed by atoms with Crippen LogP contribution in [-0.4, -0.2) is 43.5 Å². The number of rotatable bonds is 6. The van der Waals surface area contributed by atoms with Crippen LogP contribution in [0.5, 0.6) is 5.75 Å². The van der Waals surface area contributed by atoms with Crippen LogP contribution in [0.3, 0.4) is 0 Å². The zero-order chi connectivity index (χ0) is 21.9. The number of alkyl halides is 3. The lowest BCUT2D eigenvalue weighted by atomic mass is 10.0. The van der Waals surface area contributed by atoms with Gasteiger partial charge in [-0.15, -0.1) is 0 Å². The van der Waals surface area contributed by atoms with Crippen LogP contribution in [0, 0.1) is 0 Å². The van der Waals surface area contributed by atoms with Crippen LogP contribution >= 0.6 is 0 Å². The predicted octanol–water partition coefficient (Wildman–Crippen LogP) is 4.29. The number of likely N-dealkylation sites (N-methyl/N-ethyl adjacent to an activating group) is 1. The molecule has 5 nitrogen and oxygen atoms in total. The zero-order valence-electron chi connectivity index (χ0n) is 16.8. The van der Waals surface area contributed by atoms with Gasteiger partial charge in [-0.3, -0.25) is 9.78 Å². The number of hydrogen-bond acceptors (Lipinski definition) is 4. The second-order valence-corrected chi connectivity index (χ2v) is 7.03. The van der Waals surface area contributed by atoms with Crippen molar-refractivity contribution in [2.45, 2.75) is 12.2 Å². The van der Waals surface area contributed by atoms with Crippen molar-refractivity contribution in [3.8, 4) is 5.75 Å². The fourth-order valence-electron chi connectivity index (χ4n) is 3.35. The maximum Gasteiger partial charge on any atom is 0.417 e. The quantitative estimate of drug-likeness (QED) is 0.650. The highest BCUT2D eigenvalue weighted by molar-refractivity contribution is 6.00. The van der Waals surface area contributed by atoms with Crippen LogP contribution in [0.15, 0.2) is 54.7 Å². The first-order valence-corrected chi connectivity index (χ1v) is 9.26. The number of methoxy groups -OCH3 is 1. The minimum atomic E-state index is -4.69. The van der Waals surface area contributed by atoms with Gasteiger partial charge >= 0.3 is 6.18 Å². The van der Waals surface area contributed by atoms with E-state index in [1.165, 1.54) is 18.2 Å². The molecular formula is C22H22F3N3O2. The van der Waals surface area contributed by atoms with Crippen molar-refractivity contribution in [2.24, 2.45) is 0 Å². The highest BCUT2D eigenvalue weighted by Gasteiger charge is 2.37. The molecule has 1 aromatic heterocycles. The van der Waals surface area contributed by atoms with E-state index in [0.717, 1.165) is 11.8 Å². The number of pyridine rings is 1. The van der Waals surface area contributed by atoms with Gasteiger partial charge in [0.05, 0.1) is 29.8 Å². The number of carbonyl (C=O) groups is 1. The van der Waals surface area contributed by atoms with Crippen molar-refractivity contribution in [1.82, 2.24) is 15.2 Å². The van der Waals surface area contributed by atoms with Gasteiger partial charge in [-0.1, -0.05) is 30.3 Å². The lowest BCUT2D eigenvalue weighted by Crippen LogP contribution is -2.35. The summed E-state index contributed by atoms with van der Waals surface area (Å²) in [6.07, 6.45) is -3.71. The van der Waals surface area contributed by atoms with Crippen molar-refractivity contribution in [1.29, 1.82) is 0 Å². The Morgan fingerprint density at radius 1 is 1.17 bits per heavy atom. The Balaban J connectivity index is 1.90. The maximum absolute atomic E-state index is 13.8. The molecule has 0 bridgehead atoms. The van der Waals surface area contributed by atoms with Crippen LogP contribution in [0.4, 0.5) is 13.2 Å². The molecule has 1 unspecified atom stereocenters. The number of carbonyl (C=O) groups excluding carboxylic acids is 1. The van der Waals surface area contributed by atoms with Gasteiger partial charge in [0, 0.05) is 18.1 Å². The number of benzene rings is 2. The number of amides is 1. The highest BCUT2D eigenvalue weighted by atomic mass is 19.4. The minimum absolute atomic E-state index is 0.102. The third-order valence-electron chi connectivity index (χ3n) is 4.86. The normalized spacial score (nSPS) is 12.8. The SMILES string of the molecule is COc1cccc(C(CNC(=O)c2cnc3ccccc3c2C(F)(F)F)N(C)C)c1. The molecule has 0 saturated heterocycles. The van der Waals surface area contributed by atoms with Gasteiger partial charge in [-0.05, 0) is 37.9 Å². The lowest BCUT2D eigenvalue weighted by Gasteiger charge is -2.25. The molecule has 3 aromatic rings. The van der Waals surface area contributed by atoms with Crippen LogP contribution in [-0.2, 0) is 6.18 Å². The lowest BCUT2D eigenvalue weighted by molar-refractivity contribution is -0.136. The van der Waals surface area contributed by atoms with Gasteiger partial charge in [0.2, 0.25) is 0 Å². The fourth-order valence-corrected chi connectivity index (χ4v) is 3.35. The van der Waals surface area contributed by atoms with E-state index in [-0.39, 0.29) is 23.5 Å². The molecule has 1 amide bonds. The Bertz CT molecular complexity index is 1050. The van der Waals surface area contributed by atoms with E-state index in [9.17, 15) is 18.0 Å². The van der Waals surface area contributed by atoms with Crippen molar-refractivity contribution in [3.05, 3.63) is 71.4 Å². The summed E-state index contributed by atoms with van der Waals surface area (Å²) in [6, 6.07) is 13.0. The second-order valence-electron chi connectivity index (χ2n) is 7.03. The summed E-state index contributed by atoms with van der Waals surface area (Å²) in [5.74, 6) is -0.168. The molecule has 1 atom stereocenters. The summed E-state index contributed by atoms with van der Waals surface area (Å²) in [5, 5.41) is 2.53. The maximum atomic E-state index is 13.8. The molecule has 158 valence electrons. The first-order valence-electron chi connectivity index (χ1n) is 9.26. The molecule has 0 spiro atoms. The molecule has 3 rings (SSSR count). The van der Waals surface area contributed by atoms with E-state index in [4.69, 9.17) is 4.74 Å². The molecule has 1 N–H and O–H groups in total. The number of nitrogens with zero attached hydrogens (tertiary/aromatic N) is 2. The van der Waals surface area contributed by atoms with E-state index in [1.54, 1.807) is 19.2 Å². The van der Waals surface area contributed by atoms with E-state index in [1.807, 2.05) is 37.2 Å². The summed E-state index contributed by atoms with van der Waals surface area (Å²) in [4.78, 5) is 18.6. The largest absolute Gasteiger partial charge is 0.497 e. The van der Waals surface area contributed by atoms with Crippen molar-refractivity contribution < 1.29 is 22.7 Å². The van der Waals surface area contributed by atoms with Gasteiger partial charge in [-0.2, -0.15) is 13.2 Å². The van der Waals surface area contributed by atoms with E-state index in [2.05, 4.69) is 10.3 Å². The molecule has 0 aliphatic rings. The average Bonchev–Trinajstić information content (AvgIpc) is 2.72. The monoisotopic (exact) mass is 417 g/mol. The Kier molecular flexibility index (Phi) is 6.26. The van der Waals surface area contributed by atoms with Gasteiger partial charge in [0.15, 0.2) is 0 Å². The molecule has 2 aromatic carbocycles. The molecule has 0 radical (unpaired) electrons. The van der Waals surface area contributed by atoms with Crippen molar-refractivity contribution >= 4 is 16.8 Å². The molecule has 1 heterocycles. The summed E-state index contributed by atoms with van der Waals surface area (Å²) < 4.78 is 46.6. The third-order valence-corrected chi connectivity index (χ3v) is 4.86. The Labute approximate surface area is 172 Å². The molecule has 30 heavy (non-hydrogen) atoms. The third kappa shape index (κ3) is 4.54. The number of hydrogen-bond donors (Lipinski definition) is 1. The van der Waals surface area contributed by atoms with E-state index >= 15 is 0 Å². The van der Waals surface area contributed by atoms with Crippen LogP contribution in [0.2, 0.25) is 0 Å². The fraction of sp³-hybridized carbons (Fsp3) is 0.273. The summed E-state index contributed by atoms with van der Waals surface area (Å²) in [6.45, 7) is 0.114. The average molecular weight is 417 g/mol. The standard InChI is InChI=1S/C22H22F3N3O2/c1-28(2)19(14-7-6-8-15(11-14)30-3)13-27-21(29)17-12-26-18-10-5-4-9-16(18)20(17)22(23,24)25/h4-12,19H,13H2,1-3H3,(H,27,29). The number of fused-ring (bicyclic) bond motifs is 1. The Hall–Kier alpha value is -3.13. The summed E-state index contributed by atoms with van der Waals surface area (Å²) in [5.41, 5.74) is -0.422. The predicted molar refractivity (Wildman–Crippen MR) is 109 cm³/mol. The number of nitrogens with one attached hydrogen (secondary N) is 1. The van der Waals surface area contributed by atoms with Gasteiger partial charge in [-0.25, -0.2) is 0 Å². The topological polar surface area (TPSA) is 54.5 Å². The first-order chi connectivity index (χ1) is 14.2. The second kappa shape index (κ2) is 8.71. The van der Waals surface area contributed by atoms with Gasteiger partial charge in [0.1, 0.15) is 5.75 Å². The Morgan fingerprint density at radius 2 is 1.90 bits per heavy atom. The zero-order valence-corrected chi connectivity index (χ0v) is 16.8. The van der Waals surface area contributed by atoms with Gasteiger partial charge in [0.25, 0.3) is 5.91 Å².